The van der Waals surface area contributed by atoms with Gasteiger partial charge >= 0.3 is 5.97 Å². The van der Waals surface area contributed by atoms with E-state index in [1.54, 1.807) is 44.0 Å². The molecule has 268 valence electrons. The first kappa shape index (κ1) is 38.0. The molecule has 2 aliphatic heterocycles. The van der Waals surface area contributed by atoms with Crippen LogP contribution in [0.4, 0.5) is 0 Å². The molecule has 0 saturated carbocycles. The predicted molar refractivity (Wildman–Crippen MR) is 182 cm³/mol. The second-order valence-electron chi connectivity index (χ2n) is 13.9. The normalized spacial score (nSPS) is 35.3. The Morgan fingerprint density at radius 2 is 1.86 bits per heavy atom. The highest BCUT2D eigenvalue weighted by molar-refractivity contribution is 6.00. The number of fused-ring (bicyclic) bond motifs is 5. The van der Waals surface area contributed by atoms with Crippen LogP contribution >= 0.6 is 0 Å². The number of ketones is 1. The molecule has 1 N–H and O–H groups in total. The molecule has 13 heteroatoms. The van der Waals surface area contributed by atoms with Crippen molar-refractivity contribution in [3.63, 3.8) is 0 Å². The maximum Gasteiger partial charge on any atom is 0.316 e. The maximum absolute atomic E-state index is 13.7. The van der Waals surface area contributed by atoms with Gasteiger partial charge in [0, 0.05) is 48.6 Å². The quantitative estimate of drug-likeness (QED) is 0.270. The van der Waals surface area contributed by atoms with Crippen molar-refractivity contribution >= 4 is 29.1 Å². The van der Waals surface area contributed by atoms with E-state index in [-0.39, 0.29) is 43.9 Å². The van der Waals surface area contributed by atoms with Gasteiger partial charge in [0.25, 0.3) is 0 Å². The number of amides is 1. The second-order valence-corrected chi connectivity index (χ2v) is 13.9. The van der Waals surface area contributed by atoms with E-state index in [1.807, 2.05) is 45.9 Å². The number of Topliss-reactive ketones (excluding diaryl/α,β-unsaturated/α-hetero) is 1. The number of aromatic nitrogens is 3. The summed E-state index contributed by atoms with van der Waals surface area (Å²) in [5.41, 5.74) is -1.01. The molecule has 1 amide bonds. The summed E-state index contributed by atoms with van der Waals surface area (Å²) >= 11 is 0. The van der Waals surface area contributed by atoms with Crippen LogP contribution in [0.15, 0.2) is 46.9 Å². The minimum Gasteiger partial charge on any atom is -0.459 e. The lowest BCUT2D eigenvalue weighted by molar-refractivity contribution is -0.192. The predicted octanol–water partition coefficient (Wildman–Crippen LogP) is 4.53. The van der Waals surface area contributed by atoms with Gasteiger partial charge in [0.1, 0.15) is 35.7 Å². The number of nitrogens with zero attached hydrogens (tertiary/aromatic N) is 5. The monoisotopic (exact) mass is 681 g/mol. The lowest BCUT2D eigenvalue weighted by atomic mass is 9.70. The highest BCUT2D eigenvalue weighted by atomic mass is 16.6. The minimum atomic E-state index is -1.76. The molecule has 4 rings (SSSR count). The molecular formula is C36H51N5O8. The molecular weight excluding hydrogens is 630 g/mol. The van der Waals surface area contributed by atoms with Crippen LogP contribution in [0.25, 0.3) is 5.82 Å². The van der Waals surface area contributed by atoms with Crippen LogP contribution in [0.5, 0.6) is 0 Å². The van der Waals surface area contributed by atoms with Crippen molar-refractivity contribution in [2.24, 2.45) is 39.7 Å². The first-order valence-corrected chi connectivity index (χ1v) is 17.0. The maximum atomic E-state index is 13.7. The first-order chi connectivity index (χ1) is 23.1. The van der Waals surface area contributed by atoms with Crippen molar-refractivity contribution in [1.82, 2.24) is 14.8 Å². The molecule has 2 aromatic heterocycles. The lowest BCUT2D eigenvalue weighted by Gasteiger charge is -2.44. The zero-order valence-corrected chi connectivity index (χ0v) is 30.1. The van der Waals surface area contributed by atoms with Gasteiger partial charge in [-0.2, -0.15) is 5.10 Å². The van der Waals surface area contributed by atoms with Crippen LogP contribution in [0.1, 0.15) is 80.7 Å². The Balaban J connectivity index is 1.77. The van der Waals surface area contributed by atoms with Crippen molar-refractivity contribution in [3.8, 4) is 5.82 Å². The molecule has 0 spiro atoms. The van der Waals surface area contributed by atoms with Gasteiger partial charge in [-0.05, 0) is 57.6 Å². The third kappa shape index (κ3) is 8.68. The van der Waals surface area contributed by atoms with Gasteiger partial charge in [0.2, 0.25) is 5.91 Å². The molecule has 0 aromatic carbocycles. The summed E-state index contributed by atoms with van der Waals surface area (Å²) < 4.78 is 20.7. The number of aliphatic imine (C=N–C) groups is 1. The topological polar surface area (TPSA) is 164 Å². The van der Waals surface area contributed by atoms with Crippen molar-refractivity contribution in [3.05, 3.63) is 42.4 Å². The highest BCUT2D eigenvalue weighted by Crippen LogP contribution is 2.39. The molecule has 9 atom stereocenters. The minimum absolute atomic E-state index is 0.00439. The molecule has 13 nitrogen and oxygen atoms in total. The number of aliphatic hydroxyl groups is 1. The van der Waals surface area contributed by atoms with Crippen LogP contribution in [-0.4, -0.2) is 85.6 Å². The van der Waals surface area contributed by atoms with Crippen molar-refractivity contribution in [2.45, 2.75) is 105 Å². The molecule has 4 heterocycles. The molecule has 0 aliphatic carbocycles. The second kappa shape index (κ2) is 15.8. The number of rotatable bonds is 5. The molecule has 49 heavy (non-hydrogen) atoms. The number of hydrogen-bond acceptors (Lipinski definition) is 11. The molecule has 2 aliphatic rings. The summed E-state index contributed by atoms with van der Waals surface area (Å²) in [5, 5.41) is 20.8. The summed E-state index contributed by atoms with van der Waals surface area (Å²) in [6, 6.07) is 5.51. The fourth-order valence-corrected chi connectivity index (χ4v) is 7.00. The van der Waals surface area contributed by atoms with Crippen molar-refractivity contribution in [1.29, 1.82) is 0 Å². The smallest absolute Gasteiger partial charge is 0.316 e. The summed E-state index contributed by atoms with van der Waals surface area (Å²) in [5.74, 6) is -3.68. The number of carbonyl (C=O) groups is 3. The zero-order valence-electron chi connectivity index (χ0n) is 30.1. The number of hydrogen-bond donors (Lipinski definition) is 1. The van der Waals surface area contributed by atoms with Crippen LogP contribution in [-0.2, 0) is 40.0 Å². The van der Waals surface area contributed by atoms with E-state index in [1.165, 1.54) is 13.8 Å². The molecule has 0 unspecified atom stereocenters. The Morgan fingerprint density at radius 1 is 1.12 bits per heavy atom. The van der Waals surface area contributed by atoms with Gasteiger partial charge in [-0.1, -0.05) is 45.8 Å². The van der Waals surface area contributed by atoms with Crippen LogP contribution < -0.4 is 0 Å². The zero-order chi connectivity index (χ0) is 36.1. The molecule has 2 bridgehead atoms. The SMILES string of the molecule is CC[C@H]1OC(=O)[C@H](C)C(=O)[C@H](C)[C@@H](C)[C@@]2(C)C[C@@H](C)C(=NC(C)=O)[C@H](C)[C@@H](OC/C(=N\OCc3ccc(-n4cccn4)nc3)CO2)[C@]1(C)O. The van der Waals surface area contributed by atoms with Gasteiger partial charge in [0.15, 0.2) is 5.82 Å². The Labute approximate surface area is 288 Å². The highest BCUT2D eigenvalue weighted by Gasteiger charge is 2.50. The average Bonchev–Trinajstić information content (AvgIpc) is 3.61. The van der Waals surface area contributed by atoms with Gasteiger partial charge in [-0.15, -0.1) is 0 Å². The summed E-state index contributed by atoms with van der Waals surface area (Å²) in [6.07, 6.45) is 3.74. The fraction of sp³-hybridized carbons (Fsp3) is 0.639. The van der Waals surface area contributed by atoms with Crippen molar-refractivity contribution < 1.29 is 38.5 Å². The van der Waals surface area contributed by atoms with Crippen molar-refractivity contribution in [2.75, 3.05) is 13.2 Å². The Hall–Kier alpha value is -3.81. The number of esters is 1. The van der Waals surface area contributed by atoms with E-state index in [0.717, 1.165) is 5.56 Å². The van der Waals surface area contributed by atoms with E-state index in [0.29, 0.717) is 23.7 Å². The number of pyridine rings is 1. The molecule has 0 radical (unpaired) electrons. The van der Waals surface area contributed by atoms with Gasteiger partial charge in [-0.25, -0.2) is 14.7 Å². The van der Waals surface area contributed by atoms with Gasteiger partial charge in [-0.3, -0.25) is 14.4 Å². The third-order valence-corrected chi connectivity index (χ3v) is 10.2. The molecule has 2 saturated heterocycles. The van der Waals surface area contributed by atoms with E-state index < -0.39 is 53.0 Å². The third-order valence-electron chi connectivity index (χ3n) is 10.2. The summed E-state index contributed by atoms with van der Waals surface area (Å²) in [7, 11) is 0. The van der Waals surface area contributed by atoms with E-state index in [9.17, 15) is 19.5 Å². The molecule has 2 aromatic rings. The van der Waals surface area contributed by atoms with Crippen LogP contribution in [0.2, 0.25) is 0 Å². The largest absolute Gasteiger partial charge is 0.459 e. The number of oxime groups is 1. The Bertz CT molecular complexity index is 1520. The first-order valence-electron chi connectivity index (χ1n) is 17.0. The van der Waals surface area contributed by atoms with Gasteiger partial charge < -0.3 is 24.2 Å². The summed E-state index contributed by atoms with van der Waals surface area (Å²) in [6.45, 7) is 15.7. The van der Waals surface area contributed by atoms with E-state index in [2.05, 4.69) is 20.2 Å². The Morgan fingerprint density at radius 3 is 2.47 bits per heavy atom. The summed E-state index contributed by atoms with van der Waals surface area (Å²) in [4.78, 5) is 54.3. The van der Waals surface area contributed by atoms with E-state index in [4.69, 9.17) is 19.0 Å². The standard InChI is InChI=1S/C36H51N5O8/c1-10-29-36(9,45)33-23(4)31(39-26(7)42)21(2)16-35(8,25(6)22(3)32(43)24(5)34(44)49-29)47-20-28(19-46-33)40-48-18-27-12-13-30(37-17-27)41-15-11-14-38-41/h11-15,17,21-25,29,33,45H,10,16,18-20H2,1-9H3/b39-31?,40-28+/t21-,22-,23+,24-,25-,29-,33-,35-,36-/m1/s1. The molecule has 2 fully saturated rings. The number of cyclic esters (lactones) is 1. The lowest BCUT2D eigenvalue weighted by Crippen LogP contribution is -2.57. The fourth-order valence-electron chi connectivity index (χ4n) is 7.00. The van der Waals surface area contributed by atoms with Crippen LogP contribution in [0.3, 0.4) is 0 Å². The number of carbonyl (C=O) groups excluding carboxylic acids is 3. The Kier molecular flexibility index (Phi) is 12.3. The van der Waals surface area contributed by atoms with Gasteiger partial charge in [0.05, 0.1) is 24.9 Å². The van der Waals surface area contributed by atoms with E-state index >= 15 is 0 Å². The van der Waals surface area contributed by atoms with Crippen LogP contribution in [0, 0.1) is 29.6 Å². The number of ether oxygens (including phenoxy) is 3. The average molecular weight is 682 g/mol.